The van der Waals surface area contributed by atoms with E-state index in [0.29, 0.717) is 6.04 Å². The van der Waals surface area contributed by atoms with Crippen molar-refractivity contribution in [3.63, 3.8) is 0 Å². The monoisotopic (exact) mass is 367 g/mol. The van der Waals surface area contributed by atoms with E-state index in [0.717, 1.165) is 49.0 Å². The smallest absolute Gasteiger partial charge is 0.287 e. The van der Waals surface area contributed by atoms with Crippen molar-refractivity contribution in [3.05, 3.63) is 58.9 Å². The number of nitrogens with one attached hydrogen (secondary N) is 1. The summed E-state index contributed by atoms with van der Waals surface area (Å²) >= 11 is 0. The van der Waals surface area contributed by atoms with Crippen LogP contribution in [0, 0.1) is 0 Å². The first kappa shape index (κ1) is 17.3. The van der Waals surface area contributed by atoms with Crippen LogP contribution in [-0.2, 0) is 0 Å². The Hall–Kier alpha value is -3.09. The van der Waals surface area contributed by atoms with Gasteiger partial charge in [0.25, 0.3) is 5.91 Å². The highest BCUT2D eigenvalue weighted by Gasteiger charge is 2.25. The van der Waals surface area contributed by atoms with Crippen molar-refractivity contribution < 1.29 is 13.9 Å². The molecule has 1 fully saturated rings. The molecular weight excluding hydrogens is 346 g/mol. The molecule has 4 rings (SSSR count). The predicted octanol–water partition coefficient (Wildman–Crippen LogP) is 2.91. The third-order valence-corrected chi connectivity index (χ3v) is 5.14. The number of fused-ring (bicyclic) bond motifs is 1. The van der Waals surface area contributed by atoms with Gasteiger partial charge in [0.15, 0.2) is 5.76 Å². The summed E-state index contributed by atoms with van der Waals surface area (Å²) in [4.78, 5) is 28.6. The Kier molecular flexibility index (Phi) is 4.66. The number of hydrogen-bond acceptors (Lipinski definition) is 5. The third-order valence-electron chi connectivity index (χ3n) is 5.14. The summed E-state index contributed by atoms with van der Waals surface area (Å²) in [5, 5.41) is 4.11. The third kappa shape index (κ3) is 3.45. The first-order chi connectivity index (χ1) is 13.2. The molecule has 1 amide bonds. The molecule has 0 aromatic carbocycles. The van der Waals surface area contributed by atoms with E-state index in [1.807, 2.05) is 12.3 Å². The molecule has 0 spiro atoms. The van der Waals surface area contributed by atoms with E-state index in [-0.39, 0.29) is 28.9 Å². The maximum absolute atomic E-state index is 12.3. The average molecular weight is 367 g/mol. The Bertz CT molecular complexity index is 1020. The van der Waals surface area contributed by atoms with E-state index < -0.39 is 0 Å². The van der Waals surface area contributed by atoms with E-state index in [1.165, 1.54) is 7.11 Å². The minimum absolute atomic E-state index is 0.00327. The zero-order chi connectivity index (χ0) is 18.8. The number of nitrogens with zero attached hydrogens (tertiary/aromatic N) is 2. The molecule has 7 heteroatoms. The average Bonchev–Trinajstić information content (AvgIpc) is 3.12. The molecule has 0 atom stereocenters. The molecule has 0 bridgehead atoms. The van der Waals surface area contributed by atoms with Crippen LogP contribution >= 0.6 is 0 Å². The van der Waals surface area contributed by atoms with E-state index in [2.05, 4.69) is 33.2 Å². The fourth-order valence-corrected chi connectivity index (χ4v) is 3.70. The summed E-state index contributed by atoms with van der Waals surface area (Å²) in [6, 6.07) is 7.70. The van der Waals surface area contributed by atoms with Gasteiger partial charge in [0.05, 0.1) is 7.11 Å². The number of amides is 1. The lowest BCUT2D eigenvalue weighted by molar-refractivity contribution is 0.0891. The lowest BCUT2D eigenvalue weighted by Gasteiger charge is -2.30. The van der Waals surface area contributed by atoms with Gasteiger partial charge in [-0.2, -0.15) is 0 Å². The first-order valence-corrected chi connectivity index (χ1v) is 9.05. The molecule has 0 radical (unpaired) electrons. The SMILES string of the molecule is COc1coc(C(=O)NC2CCC(n3ccc4cccnc43)CC2)cc1=O. The Labute approximate surface area is 156 Å². The molecule has 3 heterocycles. The van der Waals surface area contributed by atoms with Gasteiger partial charge in [-0.15, -0.1) is 0 Å². The number of ether oxygens (including phenoxy) is 1. The van der Waals surface area contributed by atoms with Gasteiger partial charge < -0.3 is 19.0 Å². The van der Waals surface area contributed by atoms with Gasteiger partial charge >= 0.3 is 0 Å². The zero-order valence-electron chi connectivity index (χ0n) is 15.1. The van der Waals surface area contributed by atoms with Crippen molar-refractivity contribution in [2.75, 3.05) is 7.11 Å². The van der Waals surface area contributed by atoms with Crippen LogP contribution in [-0.4, -0.2) is 28.6 Å². The molecule has 0 aliphatic heterocycles. The van der Waals surface area contributed by atoms with Crippen LogP contribution in [0.1, 0.15) is 42.3 Å². The summed E-state index contributed by atoms with van der Waals surface area (Å²) < 4.78 is 12.3. The van der Waals surface area contributed by atoms with Gasteiger partial charge in [-0.25, -0.2) is 4.98 Å². The van der Waals surface area contributed by atoms with E-state index in [4.69, 9.17) is 9.15 Å². The summed E-state index contributed by atoms with van der Waals surface area (Å²) in [7, 11) is 1.38. The minimum Gasteiger partial charge on any atom is -0.490 e. The highest BCUT2D eigenvalue weighted by atomic mass is 16.5. The van der Waals surface area contributed by atoms with Crippen molar-refractivity contribution in [3.8, 4) is 5.75 Å². The Balaban J connectivity index is 1.39. The quantitative estimate of drug-likeness (QED) is 0.766. The van der Waals surface area contributed by atoms with E-state index in [1.54, 1.807) is 0 Å². The highest BCUT2D eigenvalue weighted by molar-refractivity contribution is 5.91. The normalized spacial score (nSPS) is 19.7. The number of aromatic nitrogens is 2. The second-order valence-electron chi connectivity index (χ2n) is 6.80. The summed E-state index contributed by atoms with van der Waals surface area (Å²) in [6.07, 6.45) is 8.71. The van der Waals surface area contributed by atoms with Gasteiger partial charge in [0.1, 0.15) is 11.9 Å². The van der Waals surface area contributed by atoms with E-state index in [9.17, 15) is 9.59 Å². The van der Waals surface area contributed by atoms with Crippen LogP contribution in [0.25, 0.3) is 11.0 Å². The van der Waals surface area contributed by atoms with Gasteiger partial charge in [-0.1, -0.05) is 0 Å². The van der Waals surface area contributed by atoms with Crippen LogP contribution in [0.3, 0.4) is 0 Å². The number of pyridine rings is 1. The predicted molar refractivity (Wildman–Crippen MR) is 100 cm³/mol. The van der Waals surface area contributed by atoms with Gasteiger partial charge in [0, 0.05) is 35.9 Å². The fourth-order valence-electron chi connectivity index (χ4n) is 3.70. The lowest BCUT2D eigenvalue weighted by atomic mass is 9.91. The standard InChI is InChI=1S/C20H21N3O4/c1-26-18-12-27-17(11-16(18)24)20(25)22-14-4-6-15(7-5-14)23-10-8-13-3-2-9-21-19(13)23/h2-3,8-12,14-15H,4-7H2,1H3,(H,22,25). The number of carbonyl (C=O) groups excluding carboxylic acids is 1. The number of carbonyl (C=O) groups is 1. The molecule has 1 aliphatic carbocycles. The molecular formula is C20H21N3O4. The molecule has 3 aromatic heterocycles. The van der Waals surface area contributed by atoms with Crippen molar-refractivity contribution in [1.29, 1.82) is 0 Å². The van der Waals surface area contributed by atoms with Crippen LogP contribution in [0.2, 0.25) is 0 Å². The second kappa shape index (κ2) is 7.26. The molecule has 1 saturated carbocycles. The summed E-state index contributed by atoms with van der Waals surface area (Å²) in [5.41, 5.74) is 0.634. The van der Waals surface area contributed by atoms with Crippen molar-refractivity contribution in [2.24, 2.45) is 0 Å². The molecule has 7 nitrogen and oxygen atoms in total. The highest BCUT2D eigenvalue weighted by Crippen LogP contribution is 2.31. The van der Waals surface area contributed by atoms with Crippen LogP contribution in [0.15, 0.2) is 52.1 Å². The molecule has 3 aromatic rings. The number of rotatable bonds is 4. The van der Waals surface area contributed by atoms with Crippen LogP contribution in [0.4, 0.5) is 0 Å². The number of hydrogen-bond donors (Lipinski definition) is 1. The lowest BCUT2D eigenvalue weighted by Crippen LogP contribution is -2.38. The van der Waals surface area contributed by atoms with Crippen LogP contribution < -0.4 is 15.5 Å². The Morgan fingerprint density at radius 2 is 2.11 bits per heavy atom. The maximum atomic E-state index is 12.3. The fraction of sp³-hybridized carbons (Fsp3) is 0.350. The van der Waals surface area contributed by atoms with Crippen molar-refractivity contribution >= 4 is 16.9 Å². The first-order valence-electron chi connectivity index (χ1n) is 9.05. The minimum atomic E-state index is -0.371. The summed E-state index contributed by atoms with van der Waals surface area (Å²) in [6.45, 7) is 0. The second-order valence-corrected chi connectivity index (χ2v) is 6.80. The van der Waals surface area contributed by atoms with Crippen molar-refractivity contribution in [2.45, 2.75) is 37.8 Å². The molecule has 1 aliphatic rings. The van der Waals surface area contributed by atoms with Gasteiger partial charge in [-0.05, 0) is 43.9 Å². The topological polar surface area (TPSA) is 86.4 Å². The molecule has 140 valence electrons. The maximum Gasteiger partial charge on any atom is 0.287 e. The summed E-state index contributed by atoms with van der Waals surface area (Å²) in [5.74, 6) is -0.283. The number of methoxy groups -OCH3 is 1. The molecule has 0 unspecified atom stereocenters. The van der Waals surface area contributed by atoms with Crippen LogP contribution in [0.5, 0.6) is 5.75 Å². The Morgan fingerprint density at radius 1 is 1.30 bits per heavy atom. The zero-order valence-corrected chi connectivity index (χ0v) is 15.1. The molecule has 0 saturated heterocycles. The van der Waals surface area contributed by atoms with Crippen molar-refractivity contribution in [1.82, 2.24) is 14.9 Å². The molecule has 27 heavy (non-hydrogen) atoms. The largest absolute Gasteiger partial charge is 0.490 e. The van der Waals surface area contributed by atoms with Gasteiger partial charge in [0.2, 0.25) is 11.2 Å². The van der Waals surface area contributed by atoms with Gasteiger partial charge in [-0.3, -0.25) is 9.59 Å². The molecule has 1 N–H and O–H groups in total. The Morgan fingerprint density at radius 3 is 2.85 bits per heavy atom. The van der Waals surface area contributed by atoms with E-state index >= 15 is 0 Å².